The summed E-state index contributed by atoms with van der Waals surface area (Å²) in [6, 6.07) is 10.1. The Labute approximate surface area is 188 Å². The highest BCUT2D eigenvalue weighted by molar-refractivity contribution is 6.07. The van der Waals surface area contributed by atoms with Crippen molar-refractivity contribution in [2.24, 2.45) is 0 Å². The van der Waals surface area contributed by atoms with Gasteiger partial charge in [0, 0.05) is 5.57 Å². The molecule has 0 radical (unpaired) electrons. The van der Waals surface area contributed by atoms with Crippen LogP contribution in [0.1, 0.15) is 42.0 Å². The van der Waals surface area contributed by atoms with Crippen LogP contribution >= 0.6 is 0 Å². The molecule has 0 aliphatic heterocycles. The molecule has 0 aliphatic carbocycles. The Bertz CT molecular complexity index is 1030. The molecule has 2 rings (SSSR count). The molecule has 2 aromatic rings. The van der Waals surface area contributed by atoms with Gasteiger partial charge in [-0.2, -0.15) is 0 Å². The van der Waals surface area contributed by atoms with Crippen LogP contribution in [0.5, 0.6) is 11.5 Å². The minimum atomic E-state index is -0.329. The molecule has 0 bridgehead atoms. The number of aliphatic hydroxyl groups excluding tert-OH is 1. The standard InChI is InChI=1S/C26H30O6/c1-17-15-20(6-11-23(17)27)8-13-25(29)22(10-5-19(3)32-31-4)26(30)14-9-21-7-12-24(28)18(2)16-21/h6-9,11-16,19,27-29H,5,10H2,1-4H3/b13-8+,14-9+,25-22?. The van der Waals surface area contributed by atoms with E-state index in [1.165, 1.54) is 19.3 Å². The summed E-state index contributed by atoms with van der Waals surface area (Å²) in [5, 5.41) is 30.0. The van der Waals surface area contributed by atoms with Gasteiger partial charge in [0.2, 0.25) is 0 Å². The zero-order valence-electron chi connectivity index (χ0n) is 18.8. The van der Waals surface area contributed by atoms with E-state index in [2.05, 4.69) is 4.89 Å². The molecule has 0 aliphatic rings. The first-order valence-corrected chi connectivity index (χ1v) is 10.3. The normalized spacial score (nSPS) is 13.5. The van der Waals surface area contributed by atoms with Gasteiger partial charge >= 0.3 is 0 Å². The summed E-state index contributed by atoms with van der Waals surface area (Å²) in [6.45, 7) is 5.37. The third-order valence-electron chi connectivity index (χ3n) is 4.97. The van der Waals surface area contributed by atoms with Crippen LogP contribution in [0.15, 0.2) is 59.9 Å². The Morgan fingerprint density at radius 3 is 2.00 bits per heavy atom. The van der Waals surface area contributed by atoms with Crippen molar-refractivity contribution in [2.45, 2.75) is 39.7 Å². The highest BCUT2D eigenvalue weighted by Crippen LogP contribution is 2.21. The molecule has 0 heterocycles. The Morgan fingerprint density at radius 2 is 1.50 bits per heavy atom. The number of carbonyl (C=O) groups is 1. The lowest BCUT2D eigenvalue weighted by Gasteiger charge is -2.11. The monoisotopic (exact) mass is 438 g/mol. The maximum atomic E-state index is 12.9. The molecular formula is C26H30O6. The summed E-state index contributed by atoms with van der Waals surface area (Å²) in [5.74, 6) is -0.0887. The number of ketones is 1. The van der Waals surface area contributed by atoms with Crippen molar-refractivity contribution in [1.82, 2.24) is 0 Å². The van der Waals surface area contributed by atoms with Crippen LogP contribution in [0.4, 0.5) is 0 Å². The predicted octanol–water partition coefficient (Wildman–Crippen LogP) is 5.57. The summed E-state index contributed by atoms with van der Waals surface area (Å²) in [6.07, 6.45) is 6.69. The van der Waals surface area contributed by atoms with Crippen molar-refractivity contribution in [3.63, 3.8) is 0 Å². The second-order valence-electron chi connectivity index (χ2n) is 7.60. The van der Waals surface area contributed by atoms with Gasteiger partial charge in [0.1, 0.15) is 17.3 Å². The summed E-state index contributed by atoms with van der Waals surface area (Å²) < 4.78 is 0. The third-order valence-corrected chi connectivity index (χ3v) is 4.97. The van der Waals surface area contributed by atoms with E-state index in [0.29, 0.717) is 17.5 Å². The van der Waals surface area contributed by atoms with Gasteiger partial charge in [0.25, 0.3) is 0 Å². The van der Waals surface area contributed by atoms with E-state index in [0.717, 1.165) is 11.1 Å². The third kappa shape index (κ3) is 7.41. The van der Waals surface area contributed by atoms with E-state index in [-0.39, 0.29) is 41.1 Å². The molecule has 0 saturated heterocycles. The number of aliphatic hydroxyl groups is 1. The van der Waals surface area contributed by atoms with Crippen molar-refractivity contribution in [3.05, 3.63) is 82.1 Å². The Morgan fingerprint density at radius 1 is 0.969 bits per heavy atom. The molecule has 6 nitrogen and oxygen atoms in total. The molecule has 0 spiro atoms. The maximum Gasteiger partial charge on any atom is 0.185 e. The minimum Gasteiger partial charge on any atom is -0.508 e. The molecule has 1 atom stereocenters. The number of benzene rings is 2. The highest BCUT2D eigenvalue weighted by atomic mass is 17.2. The van der Waals surface area contributed by atoms with E-state index >= 15 is 0 Å². The van der Waals surface area contributed by atoms with Crippen molar-refractivity contribution in [2.75, 3.05) is 7.11 Å². The molecule has 0 saturated carbocycles. The quantitative estimate of drug-likeness (QED) is 0.148. The summed E-state index contributed by atoms with van der Waals surface area (Å²) in [5.41, 5.74) is 3.21. The molecule has 170 valence electrons. The van der Waals surface area contributed by atoms with Crippen LogP contribution in [-0.2, 0) is 14.6 Å². The van der Waals surface area contributed by atoms with E-state index in [4.69, 9.17) is 4.89 Å². The number of hydrogen-bond donors (Lipinski definition) is 3. The van der Waals surface area contributed by atoms with E-state index in [1.807, 2.05) is 6.92 Å². The number of phenolic OH excluding ortho intramolecular Hbond substituents is 2. The van der Waals surface area contributed by atoms with Crippen molar-refractivity contribution in [1.29, 1.82) is 0 Å². The maximum absolute atomic E-state index is 12.9. The van der Waals surface area contributed by atoms with Crippen LogP contribution in [0.2, 0.25) is 0 Å². The second kappa shape index (κ2) is 11.9. The fourth-order valence-corrected chi connectivity index (χ4v) is 3.05. The van der Waals surface area contributed by atoms with Crippen molar-refractivity contribution < 1.29 is 29.9 Å². The fourth-order valence-electron chi connectivity index (χ4n) is 3.05. The first kappa shape index (κ1) is 24.9. The van der Waals surface area contributed by atoms with E-state index in [9.17, 15) is 20.1 Å². The summed E-state index contributed by atoms with van der Waals surface area (Å²) >= 11 is 0. The average molecular weight is 439 g/mol. The van der Waals surface area contributed by atoms with Crippen LogP contribution in [0.25, 0.3) is 12.2 Å². The van der Waals surface area contributed by atoms with Crippen LogP contribution in [0.3, 0.4) is 0 Å². The number of aryl methyl sites for hydroxylation is 2. The highest BCUT2D eigenvalue weighted by Gasteiger charge is 2.14. The zero-order valence-corrected chi connectivity index (χ0v) is 18.8. The number of carbonyl (C=O) groups excluding carboxylic acids is 1. The Balaban J connectivity index is 2.28. The van der Waals surface area contributed by atoms with Crippen LogP contribution < -0.4 is 0 Å². The van der Waals surface area contributed by atoms with Gasteiger partial charge in [-0.15, -0.1) is 0 Å². The first-order chi connectivity index (χ1) is 15.2. The van der Waals surface area contributed by atoms with E-state index < -0.39 is 0 Å². The van der Waals surface area contributed by atoms with Gasteiger partial charge in [-0.25, -0.2) is 9.78 Å². The van der Waals surface area contributed by atoms with Gasteiger partial charge in [-0.1, -0.05) is 24.3 Å². The topological polar surface area (TPSA) is 96.2 Å². The lowest BCUT2D eigenvalue weighted by Crippen LogP contribution is -2.10. The van der Waals surface area contributed by atoms with Gasteiger partial charge in [-0.05, 0) is 92.3 Å². The van der Waals surface area contributed by atoms with Crippen LogP contribution in [-0.4, -0.2) is 34.3 Å². The average Bonchev–Trinajstić information content (AvgIpc) is 2.75. The van der Waals surface area contributed by atoms with Crippen molar-refractivity contribution in [3.8, 4) is 11.5 Å². The molecular weight excluding hydrogens is 408 g/mol. The molecule has 6 heteroatoms. The lowest BCUT2D eigenvalue weighted by atomic mass is 10.00. The molecule has 1 unspecified atom stereocenters. The fraction of sp³-hybridized carbons (Fsp3) is 0.269. The molecule has 0 amide bonds. The number of hydrogen-bond acceptors (Lipinski definition) is 6. The number of rotatable bonds is 10. The van der Waals surface area contributed by atoms with Crippen molar-refractivity contribution >= 4 is 17.9 Å². The van der Waals surface area contributed by atoms with E-state index in [1.54, 1.807) is 62.4 Å². The Kier molecular flexibility index (Phi) is 9.25. The van der Waals surface area contributed by atoms with Gasteiger partial charge in [0.15, 0.2) is 5.78 Å². The SMILES string of the molecule is COOC(C)CCC(C(=O)/C=C/c1ccc(O)c(C)c1)=C(O)/C=C/c1ccc(O)c(C)c1. The first-order valence-electron chi connectivity index (χ1n) is 10.3. The Hall–Kier alpha value is -3.35. The van der Waals surface area contributed by atoms with Gasteiger partial charge in [-0.3, -0.25) is 4.79 Å². The second-order valence-corrected chi connectivity index (χ2v) is 7.60. The summed E-state index contributed by atoms with van der Waals surface area (Å²) in [4.78, 5) is 22.6. The molecule has 0 fully saturated rings. The molecule has 32 heavy (non-hydrogen) atoms. The number of aromatic hydroxyl groups is 2. The van der Waals surface area contributed by atoms with Crippen LogP contribution in [0, 0.1) is 13.8 Å². The summed E-state index contributed by atoms with van der Waals surface area (Å²) in [7, 11) is 1.42. The predicted molar refractivity (Wildman–Crippen MR) is 125 cm³/mol. The molecule has 3 N–H and O–H groups in total. The molecule has 0 aromatic heterocycles. The molecule has 2 aromatic carbocycles. The van der Waals surface area contributed by atoms with Gasteiger partial charge < -0.3 is 15.3 Å². The number of phenols is 2. The number of allylic oxidation sites excluding steroid dienone is 3. The van der Waals surface area contributed by atoms with Gasteiger partial charge in [0.05, 0.1) is 13.2 Å². The zero-order chi connectivity index (χ0) is 23.7. The smallest absolute Gasteiger partial charge is 0.185 e. The largest absolute Gasteiger partial charge is 0.508 e. The lowest BCUT2D eigenvalue weighted by molar-refractivity contribution is -0.301. The minimum absolute atomic E-state index is 0.142.